The number of primary amides is 1. The second-order valence-corrected chi connectivity index (χ2v) is 5.71. The van der Waals surface area contributed by atoms with Gasteiger partial charge in [0, 0.05) is 12.0 Å². The first-order valence-corrected chi connectivity index (χ1v) is 6.73. The van der Waals surface area contributed by atoms with Crippen molar-refractivity contribution in [3.63, 3.8) is 0 Å². The number of nitrogens with zero attached hydrogens (tertiary/aromatic N) is 1. The number of sulfone groups is 1. The molecule has 0 atom stereocenters. The fourth-order valence-corrected chi connectivity index (χ4v) is 2.67. The molecule has 1 aromatic carbocycles. The molecule has 0 heterocycles. The molecule has 0 unspecified atom stereocenters. The molecule has 1 rings (SSSR count). The lowest BCUT2D eigenvalue weighted by molar-refractivity contribution is 0.0999. The van der Waals surface area contributed by atoms with E-state index in [1.165, 1.54) is 6.07 Å². The van der Waals surface area contributed by atoms with Crippen molar-refractivity contribution < 1.29 is 13.2 Å². The van der Waals surface area contributed by atoms with Crippen molar-refractivity contribution in [2.45, 2.75) is 12.2 Å². The van der Waals surface area contributed by atoms with Crippen LogP contribution in [0, 0.1) is 11.3 Å². The number of rotatable bonds is 5. The van der Waals surface area contributed by atoms with Crippen LogP contribution in [0.5, 0.6) is 0 Å². The Balaban J connectivity index is 2.96. The lowest BCUT2D eigenvalue weighted by Crippen LogP contribution is -2.16. The highest BCUT2D eigenvalue weighted by Crippen LogP contribution is 2.13. The molecule has 0 bridgehead atoms. The van der Waals surface area contributed by atoms with Crippen LogP contribution in [0.4, 0.5) is 0 Å². The molecular weight excluding hydrogens is 240 g/mol. The predicted octanol–water partition coefficient (Wildman–Crippen LogP) is 0.614. The van der Waals surface area contributed by atoms with Crippen LogP contribution in [0.3, 0.4) is 0 Å². The summed E-state index contributed by atoms with van der Waals surface area (Å²) in [4.78, 5) is 11.1. The van der Waals surface area contributed by atoms with Crippen LogP contribution < -0.4 is 5.73 Å². The second kappa shape index (κ2) is 5.46. The Morgan fingerprint density at radius 1 is 1.35 bits per heavy atom. The largest absolute Gasteiger partial charge is 0.366 e. The van der Waals surface area contributed by atoms with E-state index < -0.39 is 15.7 Å². The van der Waals surface area contributed by atoms with Crippen LogP contribution >= 0.6 is 0 Å². The number of nitrogens with two attached hydrogens (primary N) is 1. The summed E-state index contributed by atoms with van der Waals surface area (Å²) in [6.45, 7) is 0. The molecule has 1 amide bonds. The first-order valence-electron chi connectivity index (χ1n) is 4.91. The van der Waals surface area contributed by atoms with E-state index in [-0.39, 0.29) is 23.5 Å². The van der Waals surface area contributed by atoms with E-state index in [1.807, 2.05) is 0 Å². The first kappa shape index (κ1) is 13.2. The minimum atomic E-state index is -3.38. The first-order chi connectivity index (χ1) is 7.96. The monoisotopic (exact) mass is 252 g/mol. The maximum absolute atomic E-state index is 11.6. The van der Waals surface area contributed by atoms with E-state index >= 15 is 0 Å². The molecule has 0 saturated carbocycles. The van der Waals surface area contributed by atoms with Crippen molar-refractivity contribution in [3.05, 3.63) is 35.4 Å². The Hall–Kier alpha value is -1.87. The molecule has 2 N–H and O–H groups in total. The summed E-state index contributed by atoms with van der Waals surface area (Å²) in [5, 5.41) is 8.35. The van der Waals surface area contributed by atoms with Gasteiger partial charge in [-0.1, -0.05) is 18.2 Å². The molecule has 1 aromatic rings. The van der Waals surface area contributed by atoms with Gasteiger partial charge < -0.3 is 5.73 Å². The van der Waals surface area contributed by atoms with Gasteiger partial charge in [0.1, 0.15) is 0 Å². The zero-order valence-corrected chi connectivity index (χ0v) is 9.90. The molecular formula is C11H12N2O3S. The number of carbonyl (C=O) groups excluding carboxylic acids is 1. The smallest absolute Gasteiger partial charge is 0.249 e. The van der Waals surface area contributed by atoms with Gasteiger partial charge in [-0.2, -0.15) is 5.26 Å². The van der Waals surface area contributed by atoms with Crippen molar-refractivity contribution in [1.29, 1.82) is 5.26 Å². The Labute approximate surface area is 99.8 Å². The van der Waals surface area contributed by atoms with E-state index in [4.69, 9.17) is 11.0 Å². The molecule has 0 aromatic heterocycles. The predicted molar refractivity (Wildman–Crippen MR) is 62.7 cm³/mol. The summed E-state index contributed by atoms with van der Waals surface area (Å²) < 4.78 is 23.3. The number of hydrogen-bond acceptors (Lipinski definition) is 4. The zero-order chi connectivity index (χ0) is 12.9. The third-order valence-corrected chi connectivity index (χ3v) is 3.76. The molecule has 17 heavy (non-hydrogen) atoms. The van der Waals surface area contributed by atoms with E-state index in [9.17, 15) is 13.2 Å². The highest BCUT2D eigenvalue weighted by Gasteiger charge is 2.15. The maximum atomic E-state index is 11.6. The molecule has 0 aliphatic rings. The molecule has 0 saturated heterocycles. The quantitative estimate of drug-likeness (QED) is 0.829. The van der Waals surface area contributed by atoms with Crippen LogP contribution in [0.1, 0.15) is 22.3 Å². The van der Waals surface area contributed by atoms with Crippen molar-refractivity contribution in [2.75, 3.05) is 5.75 Å². The van der Waals surface area contributed by atoms with Crippen LogP contribution in [0.25, 0.3) is 0 Å². The maximum Gasteiger partial charge on any atom is 0.249 e. The topological polar surface area (TPSA) is 101 Å². The van der Waals surface area contributed by atoms with Gasteiger partial charge >= 0.3 is 0 Å². The summed E-state index contributed by atoms with van der Waals surface area (Å²) in [5.74, 6) is -1.14. The van der Waals surface area contributed by atoms with Gasteiger partial charge in [0.05, 0.1) is 17.6 Å². The van der Waals surface area contributed by atoms with Gasteiger partial charge in [0.15, 0.2) is 9.84 Å². The van der Waals surface area contributed by atoms with Crippen molar-refractivity contribution >= 4 is 15.7 Å². The minimum Gasteiger partial charge on any atom is -0.366 e. The average molecular weight is 252 g/mol. The number of benzene rings is 1. The van der Waals surface area contributed by atoms with Gasteiger partial charge in [0.25, 0.3) is 0 Å². The van der Waals surface area contributed by atoms with Crippen LogP contribution in [-0.4, -0.2) is 20.1 Å². The van der Waals surface area contributed by atoms with Crippen LogP contribution in [0.2, 0.25) is 0 Å². The van der Waals surface area contributed by atoms with Gasteiger partial charge in [0.2, 0.25) is 5.91 Å². The Morgan fingerprint density at radius 3 is 2.59 bits per heavy atom. The Kier molecular flexibility index (Phi) is 4.24. The number of amides is 1. The second-order valence-electron chi connectivity index (χ2n) is 3.52. The van der Waals surface area contributed by atoms with E-state index in [0.29, 0.717) is 5.56 Å². The third-order valence-electron chi connectivity index (χ3n) is 2.18. The molecule has 5 nitrogen and oxygen atoms in total. The number of hydrogen-bond donors (Lipinski definition) is 1. The fourth-order valence-electron chi connectivity index (χ4n) is 1.40. The highest BCUT2D eigenvalue weighted by molar-refractivity contribution is 7.90. The molecule has 0 aliphatic heterocycles. The average Bonchev–Trinajstić information content (AvgIpc) is 2.26. The molecule has 90 valence electrons. The fraction of sp³-hybridized carbons (Fsp3) is 0.273. The van der Waals surface area contributed by atoms with Crippen molar-refractivity contribution in [1.82, 2.24) is 0 Å². The standard InChI is InChI=1S/C11H12N2O3S/c12-6-3-7-17(15,16)8-9-4-1-2-5-10(9)11(13)14/h1-2,4-5H,3,7-8H2,(H2,13,14). The van der Waals surface area contributed by atoms with Gasteiger partial charge in [-0.05, 0) is 11.6 Å². The number of nitriles is 1. The van der Waals surface area contributed by atoms with Gasteiger partial charge in [-0.3, -0.25) is 4.79 Å². The zero-order valence-electron chi connectivity index (χ0n) is 9.09. The van der Waals surface area contributed by atoms with E-state index in [0.717, 1.165) is 0 Å². The molecule has 0 aliphatic carbocycles. The highest BCUT2D eigenvalue weighted by atomic mass is 32.2. The normalized spacial score (nSPS) is 10.8. The Bertz CT molecular complexity index is 558. The van der Waals surface area contributed by atoms with E-state index in [1.54, 1.807) is 24.3 Å². The Morgan fingerprint density at radius 2 is 2.00 bits per heavy atom. The molecule has 0 radical (unpaired) electrons. The summed E-state index contributed by atoms with van der Waals surface area (Å²) >= 11 is 0. The van der Waals surface area contributed by atoms with Crippen LogP contribution in [0.15, 0.2) is 24.3 Å². The molecule has 6 heteroatoms. The summed E-state index contributed by atoms with van der Waals surface area (Å²) in [6, 6.07) is 8.06. The third kappa shape index (κ3) is 3.89. The molecule has 0 fully saturated rings. The van der Waals surface area contributed by atoms with Gasteiger partial charge in [-0.25, -0.2) is 8.42 Å². The number of carbonyl (C=O) groups is 1. The minimum absolute atomic E-state index is 0.0545. The van der Waals surface area contributed by atoms with Crippen molar-refractivity contribution in [3.8, 4) is 6.07 Å². The SMILES string of the molecule is N#CCCS(=O)(=O)Cc1ccccc1C(N)=O. The van der Waals surface area contributed by atoms with Gasteiger partial charge in [-0.15, -0.1) is 0 Å². The van der Waals surface area contributed by atoms with Crippen molar-refractivity contribution in [2.24, 2.45) is 5.73 Å². The lowest BCUT2D eigenvalue weighted by Gasteiger charge is -2.06. The van der Waals surface area contributed by atoms with E-state index in [2.05, 4.69) is 0 Å². The summed E-state index contributed by atoms with van der Waals surface area (Å²) in [5.41, 5.74) is 5.72. The summed E-state index contributed by atoms with van der Waals surface area (Å²) in [7, 11) is -3.38. The molecule has 0 spiro atoms. The van der Waals surface area contributed by atoms with Crippen LogP contribution in [-0.2, 0) is 15.6 Å². The summed E-state index contributed by atoms with van der Waals surface area (Å²) in [6.07, 6.45) is -0.0545. The lowest BCUT2D eigenvalue weighted by atomic mass is 10.1.